The standard InChI is InChI=1S/C29H20BrN5O2S/c1-18-7-9-19(10-8-18)15-24-27(36)31-29-35(32-24)28(37)25(38-29)16-21-17-34(23-5-3-2-4-6-23)33-26(21)20-11-13-22(30)14-12-20/h2-14,16-17H,15H2,1H3. The van der Waals surface area contributed by atoms with E-state index in [2.05, 4.69) is 26.0 Å². The Morgan fingerprint density at radius 2 is 1.66 bits per heavy atom. The fourth-order valence-corrected chi connectivity index (χ4v) is 5.29. The van der Waals surface area contributed by atoms with Crippen molar-refractivity contribution < 1.29 is 0 Å². The Bertz CT molecular complexity index is 1940. The third-order valence-corrected chi connectivity index (χ3v) is 7.60. The van der Waals surface area contributed by atoms with Crippen molar-refractivity contribution in [1.29, 1.82) is 0 Å². The minimum atomic E-state index is -0.425. The van der Waals surface area contributed by atoms with Gasteiger partial charge in [0.25, 0.3) is 11.1 Å². The normalized spacial score (nSPS) is 11.9. The molecule has 0 atom stereocenters. The Morgan fingerprint density at radius 1 is 0.921 bits per heavy atom. The number of aryl methyl sites for hydroxylation is 1. The van der Waals surface area contributed by atoms with Crippen molar-refractivity contribution >= 4 is 38.3 Å². The first-order valence-electron chi connectivity index (χ1n) is 11.9. The predicted molar refractivity (Wildman–Crippen MR) is 153 cm³/mol. The minimum Gasteiger partial charge on any atom is -0.266 e. The molecule has 38 heavy (non-hydrogen) atoms. The maximum absolute atomic E-state index is 13.4. The average molecular weight is 582 g/mol. The number of fused-ring (bicyclic) bond motifs is 1. The fraction of sp³-hybridized carbons (Fsp3) is 0.0690. The largest absolute Gasteiger partial charge is 0.296 e. The number of nitrogens with zero attached hydrogens (tertiary/aromatic N) is 5. The number of hydrogen-bond donors (Lipinski definition) is 0. The first-order chi connectivity index (χ1) is 18.4. The minimum absolute atomic E-state index is 0.236. The summed E-state index contributed by atoms with van der Waals surface area (Å²) in [5.41, 5.74) is 4.86. The van der Waals surface area contributed by atoms with Gasteiger partial charge in [0.05, 0.1) is 15.9 Å². The maximum Gasteiger partial charge on any atom is 0.296 e. The molecule has 3 aromatic heterocycles. The second-order valence-corrected chi connectivity index (χ2v) is 10.8. The molecule has 0 fully saturated rings. The lowest BCUT2D eigenvalue weighted by Crippen LogP contribution is -2.28. The molecule has 0 unspecified atom stereocenters. The van der Waals surface area contributed by atoms with Gasteiger partial charge in [0, 0.05) is 28.2 Å². The number of benzene rings is 3. The summed E-state index contributed by atoms with van der Waals surface area (Å²) in [4.78, 5) is 30.5. The van der Waals surface area contributed by atoms with E-state index < -0.39 is 5.56 Å². The number of para-hydroxylation sites is 1. The van der Waals surface area contributed by atoms with Crippen LogP contribution < -0.4 is 15.7 Å². The first-order valence-corrected chi connectivity index (χ1v) is 13.5. The van der Waals surface area contributed by atoms with Crippen molar-refractivity contribution in [2.75, 3.05) is 0 Å². The summed E-state index contributed by atoms with van der Waals surface area (Å²) in [7, 11) is 0. The number of aromatic nitrogens is 5. The molecule has 0 N–H and O–H groups in total. The Hall–Kier alpha value is -4.21. The van der Waals surface area contributed by atoms with Gasteiger partial charge in [-0.05, 0) is 42.8 Å². The van der Waals surface area contributed by atoms with Crippen molar-refractivity contribution in [1.82, 2.24) is 24.4 Å². The van der Waals surface area contributed by atoms with Gasteiger partial charge < -0.3 is 0 Å². The Balaban J connectivity index is 1.48. The molecule has 9 heteroatoms. The Kier molecular flexibility index (Phi) is 6.30. The number of thiazole rings is 1. The van der Waals surface area contributed by atoms with E-state index >= 15 is 0 Å². The summed E-state index contributed by atoms with van der Waals surface area (Å²) in [6, 6.07) is 25.5. The van der Waals surface area contributed by atoms with E-state index in [1.807, 2.05) is 92.0 Å². The van der Waals surface area contributed by atoms with E-state index in [4.69, 9.17) is 5.10 Å². The number of hydrogen-bond acceptors (Lipinski definition) is 6. The molecule has 6 rings (SSSR count). The highest BCUT2D eigenvalue weighted by Gasteiger charge is 2.15. The highest BCUT2D eigenvalue weighted by molar-refractivity contribution is 9.10. The predicted octanol–water partition coefficient (Wildman–Crippen LogP) is 4.57. The first kappa shape index (κ1) is 24.1. The van der Waals surface area contributed by atoms with Gasteiger partial charge in [-0.15, -0.1) is 0 Å². The molecule has 7 nitrogen and oxygen atoms in total. The molecule has 6 aromatic rings. The Morgan fingerprint density at radius 3 is 2.39 bits per heavy atom. The summed E-state index contributed by atoms with van der Waals surface area (Å²) in [5, 5.41) is 9.22. The molecule has 0 aliphatic carbocycles. The third-order valence-electron chi connectivity index (χ3n) is 6.11. The molecule has 0 bridgehead atoms. The van der Waals surface area contributed by atoms with Crippen LogP contribution in [-0.4, -0.2) is 24.4 Å². The molecule has 3 heterocycles. The van der Waals surface area contributed by atoms with Gasteiger partial charge >= 0.3 is 0 Å². The lowest BCUT2D eigenvalue weighted by atomic mass is 10.1. The highest BCUT2D eigenvalue weighted by atomic mass is 79.9. The van der Waals surface area contributed by atoms with E-state index in [0.29, 0.717) is 11.0 Å². The van der Waals surface area contributed by atoms with E-state index in [1.54, 1.807) is 10.8 Å². The van der Waals surface area contributed by atoms with E-state index in [1.165, 1.54) is 4.52 Å². The molecule has 0 saturated heterocycles. The molecular weight excluding hydrogens is 562 g/mol. The van der Waals surface area contributed by atoms with E-state index in [-0.39, 0.29) is 16.2 Å². The molecule has 0 radical (unpaired) electrons. The van der Waals surface area contributed by atoms with Gasteiger partial charge in [0.1, 0.15) is 5.69 Å². The average Bonchev–Trinajstić information content (AvgIpc) is 3.47. The number of halogens is 1. The zero-order valence-corrected chi connectivity index (χ0v) is 22.6. The van der Waals surface area contributed by atoms with Crippen molar-refractivity contribution in [2.45, 2.75) is 13.3 Å². The van der Waals surface area contributed by atoms with E-state index in [0.717, 1.165) is 49.4 Å². The van der Waals surface area contributed by atoms with Crippen molar-refractivity contribution in [2.24, 2.45) is 0 Å². The lowest BCUT2D eigenvalue weighted by Gasteiger charge is -2.01. The van der Waals surface area contributed by atoms with Gasteiger partial charge in [0.15, 0.2) is 0 Å². The summed E-state index contributed by atoms with van der Waals surface area (Å²) in [5.74, 6) is 0. The Labute approximate surface area is 229 Å². The summed E-state index contributed by atoms with van der Waals surface area (Å²) in [6.07, 6.45) is 3.99. The molecule has 0 spiro atoms. The van der Waals surface area contributed by atoms with Crippen LogP contribution in [0, 0.1) is 6.92 Å². The summed E-state index contributed by atoms with van der Waals surface area (Å²) in [6.45, 7) is 2.00. The molecule has 186 valence electrons. The van der Waals surface area contributed by atoms with Crippen LogP contribution in [0.4, 0.5) is 0 Å². The van der Waals surface area contributed by atoms with E-state index in [9.17, 15) is 9.59 Å². The van der Waals surface area contributed by atoms with Crippen LogP contribution in [-0.2, 0) is 6.42 Å². The van der Waals surface area contributed by atoms with Crippen molar-refractivity contribution in [3.63, 3.8) is 0 Å². The van der Waals surface area contributed by atoms with Gasteiger partial charge in [-0.3, -0.25) is 9.59 Å². The van der Waals surface area contributed by atoms with Crippen LogP contribution >= 0.6 is 27.3 Å². The van der Waals surface area contributed by atoms with Crippen LogP contribution in [0.15, 0.2) is 99.1 Å². The zero-order valence-electron chi connectivity index (χ0n) is 20.2. The van der Waals surface area contributed by atoms with Crippen molar-refractivity contribution in [3.8, 4) is 16.9 Å². The molecule has 0 aliphatic rings. The SMILES string of the molecule is Cc1ccc(Cc2nn3c(=O)c(=Cc4cn(-c5ccccc5)nc4-c4ccc(Br)cc4)sc3nc2=O)cc1. The van der Waals surface area contributed by atoms with Gasteiger partial charge in [-0.1, -0.05) is 87.4 Å². The molecular formula is C29H20BrN5O2S. The maximum atomic E-state index is 13.4. The van der Waals surface area contributed by atoms with Crippen LogP contribution in [0.3, 0.4) is 0 Å². The molecule has 0 saturated carbocycles. The topological polar surface area (TPSA) is 82.2 Å². The van der Waals surface area contributed by atoms with Crippen LogP contribution in [0.1, 0.15) is 22.4 Å². The zero-order chi connectivity index (χ0) is 26.2. The lowest BCUT2D eigenvalue weighted by molar-refractivity contribution is 0.811. The highest BCUT2D eigenvalue weighted by Crippen LogP contribution is 2.26. The monoisotopic (exact) mass is 581 g/mol. The third kappa shape index (κ3) is 4.73. The number of rotatable bonds is 5. The van der Waals surface area contributed by atoms with Gasteiger partial charge in [-0.25, -0.2) is 4.68 Å². The molecule has 0 amide bonds. The second kappa shape index (κ2) is 9.92. The quantitative estimate of drug-likeness (QED) is 0.298. The fourth-order valence-electron chi connectivity index (χ4n) is 4.13. The summed E-state index contributed by atoms with van der Waals surface area (Å²) >= 11 is 4.62. The van der Waals surface area contributed by atoms with Crippen LogP contribution in [0.2, 0.25) is 0 Å². The van der Waals surface area contributed by atoms with Gasteiger partial charge in [0.2, 0.25) is 4.96 Å². The summed E-state index contributed by atoms with van der Waals surface area (Å²) < 4.78 is 4.40. The van der Waals surface area contributed by atoms with Crippen LogP contribution in [0.5, 0.6) is 0 Å². The van der Waals surface area contributed by atoms with Crippen molar-refractivity contribution in [3.05, 3.63) is 137 Å². The smallest absolute Gasteiger partial charge is 0.266 e. The molecule has 3 aromatic carbocycles. The molecule has 0 aliphatic heterocycles. The van der Waals surface area contributed by atoms with Gasteiger partial charge in [-0.2, -0.15) is 19.7 Å². The van der Waals surface area contributed by atoms with Crippen LogP contribution in [0.25, 0.3) is 28.0 Å². The second-order valence-electron chi connectivity index (χ2n) is 8.86.